The first-order valence-corrected chi connectivity index (χ1v) is 11.7. The number of nitrogens with zero attached hydrogens (tertiary/aromatic N) is 6. The van der Waals surface area contributed by atoms with Crippen molar-refractivity contribution in [1.29, 1.82) is 0 Å². The van der Waals surface area contributed by atoms with Crippen molar-refractivity contribution >= 4 is 22.2 Å². The molecule has 1 aromatic carbocycles. The Balaban J connectivity index is 1.80. The number of aromatic nitrogens is 6. The van der Waals surface area contributed by atoms with Crippen LogP contribution in [0.25, 0.3) is 28.2 Å². The molecule has 2 atom stereocenters. The standard InChI is InChI=1S/C22H25N7O4S/c1-13(2)28-12-24-27-21(28)17-6-5-7-20(26-17)29-11-23-18-8-14(3)15(9-16(18)22(29)30)19(33-4)10-25-34(31)32/h5-9,11-13,19,25H,10H2,1-4H3,(H,31,32). The summed E-state index contributed by atoms with van der Waals surface area (Å²) in [6.07, 6.45) is 2.57. The van der Waals surface area contributed by atoms with E-state index in [1.807, 2.05) is 31.4 Å². The Hall–Kier alpha value is -3.32. The minimum atomic E-state index is -2.18. The van der Waals surface area contributed by atoms with Crippen molar-refractivity contribution in [2.45, 2.75) is 32.9 Å². The first-order chi connectivity index (χ1) is 16.3. The second-order valence-electron chi connectivity index (χ2n) is 8.00. The molecule has 0 aliphatic heterocycles. The zero-order valence-electron chi connectivity index (χ0n) is 19.2. The molecule has 178 valence electrons. The van der Waals surface area contributed by atoms with Crippen molar-refractivity contribution in [1.82, 2.24) is 34.0 Å². The summed E-state index contributed by atoms with van der Waals surface area (Å²) < 4.78 is 31.3. The zero-order valence-corrected chi connectivity index (χ0v) is 20.0. The van der Waals surface area contributed by atoms with Crippen molar-refractivity contribution < 1.29 is 13.5 Å². The second-order valence-corrected chi connectivity index (χ2v) is 8.79. The van der Waals surface area contributed by atoms with E-state index in [4.69, 9.17) is 9.29 Å². The number of rotatable bonds is 8. The largest absolute Gasteiger partial charge is 0.375 e. The van der Waals surface area contributed by atoms with Gasteiger partial charge in [-0.1, -0.05) is 6.07 Å². The molecule has 12 heteroatoms. The Labute approximate surface area is 198 Å². The summed E-state index contributed by atoms with van der Waals surface area (Å²) in [5.74, 6) is 1.01. The minimum Gasteiger partial charge on any atom is -0.375 e. The lowest BCUT2D eigenvalue weighted by molar-refractivity contribution is 0.107. The fraction of sp³-hybridized carbons (Fsp3) is 0.318. The van der Waals surface area contributed by atoms with Crippen LogP contribution in [0.3, 0.4) is 0 Å². The molecule has 0 spiro atoms. The van der Waals surface area contributed by atoms with Crippen LogP contribution in [-0.4, -0.2) is 51.7 Å². The maximum Gasteiger partial charge on any atom is 0.266 e. The van der Waals surface area contributed by atoms with Crippen LogP contribution in [-0.2, 0) is 16.0 Å². The first-order valence-electron chi connectivity index (χ1n) is 10.6. The van der Waals surface area contributed by atoms with E-state index < -0.39 is 17.4 Å². The summed E-state index contributed by atoms with van der Waals surface area (Å²) in [4.78, 5) is 22.5. The third-order valence-electron chi connectivity index (χ3n) is 5.51. The Kier molecular flexibility index (Phi) is 6.93. The number of pyridine rings is 1. The molecule has 2 unspecified atom stereocenters. The Morgan fingerprint density at radius 1 is 1.24 bits per heavy atom. The third-order valence-corrected chi connectivity index (χ3v) is 5.92. The van der Waals surface area contributed by atoms with Crippen LogP contribution in [0.5, 0.6) is 0 Å². The lowest BCUT2D eigenvalue weighted by atomic mass is 10.0. The van der Waals surface area contributed by atoms with E-state index in [1.54, 1.807) is 30.6 Å². The topological polar surface area (TPSA) is 137 Å². The summed E-state index contributed by atoms with van der Waals surface area (Å²) in [6, 6.07) is 9.00. The van der Waals surface area contributed by atoms with Gasteiger partial charge in [0.2, 0.25) is 11.3 Å². The smallest absolute Gasteiger partial charge is 0.266 e. The van der Waals surface area contributed by atoms with Gasteiger partial charge in [0.25, 0.3) is 5.56 Å². The Bertz CT molecular complexity index is 1420. The molecule has 2 N–H and O–H groups in total. The number of benzene rings is 1. The van der Waals surface area contributed by atoms with Crippen molar-refractivity contribution in [3.8, 4) is 17.3 Å². The molecule has 0 radical (unpaired) electrons. The molecule has 3 aromatic heterocycles. The van der Waals surface area contributed by atoms with Crippen LogP contribution in [0.15, 0.2) is 47.8 Å². The fourth-order valence-electron chi connectivity index (χ4n) is 3.75. The molecule has 4 rings (SSSR count). The summed E-state index contributed by atoms with van der Waals surface area (Å²) >= 11 is -2.18. The van der Waals surface area contributed by atoms with E-state index in [9.17, 15) is 9.00 Å². The maximum absolute atomic E-state index is 13.4. The van der Waals surface area contributed by atoms with Crippen LogP contribution >= 0.6 is 0 Å². The SMILES string of the molecule is COC(CNS(=O)O)c1cc2c(=O)n(-c3cccc(-c4nncn4C(C)C)n3)cnc2cc1C. The highest BCUT2D eigenvalue weighted by atomic mass is 32.2. The molecule has 3 heterocycles. The number of fused-ring (bicyclic) bond motifs is 1. The van der Waals surface area contributed by atoms with Crippen molar-refractivity contribution in [3.63, 3.8) is 0 Å². The number of methoxy groups -OCH3 is 1. The van der Waals surface area contributed by atoms with Crippen molar-refractivity contribution in [2.24, 2.45) is 0 Å². The number of ether oxygens (including phenoxy) is 1. The molecule has 0 fully saturated rings. The molecule has 0 amide bonds. The normalized spacial score (nSPS) is 13.5. The van der Waals surface area contributed by atoms with Gasteiger partial charge in [-0.15, -0.1) is 10.2 Å². The predicted octanol–water partition coefficient (Wildman–Crippen LogP) is 2.34. The highest BCUT2D eigenvalue weighted by molar-refractivity contribution is 7.77. The van der Waals surface area contributed by atoms with E-state index in [0.29, 0.717) is 28.2 Å². The van der Waals surface area contributed by atoms with Gasteiger partial charge in [-0.05, 0) is 56.2 Å². The first kappa shape index (κ1) is 23.8. The van der Waals surface area contributed by atoms with Crippen molar-refractivity contribution in [2.75, 3.05) is 13.7 Å². The lowest BCUT2D eigenvalue weighted by Crippen LogP contribution is -2.25. The number of hydrogen-bond donors (Lipinski definition) is 2. The van der Waals surface area contributed by atoms with Gasteiger partial charge in [0, 0.05) is 19.7 Å². The van der Waals surface area contributed by atoms with Gasteiger partial charge in [0.1, 0.15) is 24.2 Å². The fourth-order valence-corrected chi connectivity index (χ4v) is 4.05. The van der Waals surface area contributed by atoms with Crippen LogP contribution in [0.2, 0.25) is 0 Å². The highest BCUT2D eigenvalue weighted by Gasteiger charge is 2.18. The van der Waals surface area contributed by atoms with Crippen LogP contribution in [0.1, 0.15) is 37.1 Å². The average Bonchev–Trinajstić information content (AvgIpc) is 3.31. The van der Waals surface area contributed by atoms with Crippen LogP contribution < -0.4 is 10.3 Å². The molecule has 4 aromatic rings. The van der Waals surface area contributed by atoms with Gasteiger partial charge in [0.05, 0.1) is 17.0 Å². The lowest BCUT2D eigenvalue weighted by Gasteiger charge is -2.18. The van der Waals surface area contributed by atoms with Gasteiger partial charge >= 0.3 is 0 Å². The average molecular weight is 484 g/mol. The Morgan fingerprint density at radius 3 is 2.74 bits per heavy atom. The predicted molar refractivity (Wildman–Crippen MR) is 128 cm³/mol. The third kappa shape index (κ3) is 4.66. The number of aryl methyl sites for hydroxylation is 1. The van der Waals surface area contributed by atoms with Crippen molar-refractivity contribution in [3.05, 3.63) is 64.5 Å². The molecular weight excluding hydrogens is 458 g/mol. The van der Waals surface area contributed by atoms with E-state index in [1.165, 1.54) is 18.0 Å². The summed E-state index contributed by atoms with van der Waals surface area (Å²) in [7, 11) is 1.50. The van der Waals surface area contributed by atoms with Gasteiger partial charge in [0.15, 0.2) is 5.82 Å². The van der Waals surface area contributed by atoms with E-state index in [-0.39, 0.29) is 18.1 Å². The van der Waals surface area contributed by atoms with Gasteiger partial charge in [-0.25, -0.2) is 18.9 Å². The second kappa shape index (κ2) is 9.89. The molecule has 0 aliphatic carbocycles. The summed E-state index contributed by atoms with van der Waals surface area (Å²) in [5.41, 5.74) is 2.39. The molecule has 0 bridgehead atoms. The molecule has 11 nitrogen and oxygen atoms in total. The molecular formula is C22H25N7O4S. The van der Waals surface area contributed by atoms with Gasteiger partial charge in [-0.3, -0.25) is 13.9 Å². The molecule has 34 heavy (non-hydrogen) atoms. The maximum atomic E-state index is 13.4. The van der Waals surface area contributed by atoms with E-state index in [2.05, 4.69) is 24.9 Å². The van der Waals surface area contributed by atoms with E-state index in [0.717, 1.165) is 11.1 Å². The number of hydrogen-bond acceptors (Lipinski definition) is 7. The van der Waals surface area contributed by atoms with Crippen LogP contribution in [0, 0.1) is 6.92 Å². The van der Waals surface area contributed by atoms with Crippen LogP contribution in [0.4, 0.5) is 0 Å². The monoisotopic (exact) mass is 483 g/mol. The Morgan fingerprint density at radius 2 is 2.03 bits per heavy atom. The minimum absolute atomic E-state index is 0.0978. The molecule has 0 aliphatic rings. The zero-order chi connectivity index (χ0) is 24.4. The molecule has 0 saturated heterocycles. The van der Waals surface area contributed by atoms with Gasteiger partial charge in [-0.2, -0.15) is 0 Å². The summed E-state index contributed by atoms with van der Waals surface area (Å²) in [6.45, 7) is 6.02. The van der Waals surface area contributed by atoms with Gasteiger partial charge < -0.3 is 9.30 Å². The number of nitrogens with one attached hydrogen (secondary N) is 1. The highest BCUT2D eigenvalue weighted by Crippen LogP contribution is 2.24. The quantitative estimate of drug-likeness (QED) is 0.364. The molecule has 0 saturated carbocycles. The van der Waals surface area contributed by atoms with E-state index >= 15 is 0 Å². The summed E-state index contributed by atoms with van der Waals surface area (Å²) in [5, 5.41) is 8.55.